The molecule has 0 bridgehead atoms. The van der Waals surface area contributed by atoms with Crippen molar-refractivity contribution in [3.8, 4) is 0 Å². The number of halogens is 2. The molecule has 0 aromatic heterocycles. The lowest BCUT2D eigenvalue weighted by molar-refractivity contribution is -0.154. The van der Waals surface area contributed by atoms with Gasteiger partial charge in [-0.2, -0.15) is 0 Å². The van der Waals surface area contributed by atoms with Gasteiger partial charge in [-0.25, -0.2) is 0 Å². The fourth-order valence-electron chi connectivity index (χ4n) is 1.13. The highest BCUT2D eigenvalue weighted by Gasteiger charge is 2.32. The highest BCUT2D eigenvalue weighted by molar-refractivity contribution is 9.09. The Morgan fingerprint density at radius 3 is 2.05 bits per heavy atom. The Hall–Kier alpha value is -0.100. The summed E-state index contributed by atoms with van der Waals surface area (Å²) in [5, 5.41) is 1.16. The Morgan fingerprint density at radius 2 is 1.63 bits per heavy atom. The summed E-state index contributed by atoms with van der Waals surface area (Å²) in [5.74, 6) is -0.624. The van der Waals surface area contributed by atoms with Gasteiger partial charge in [0.25, 0.3) is 0 Å². The Morgan fingerprint density at radius 1 is 1.11 bits per heavy atom. The van der Waals surface area contributed by atoms with Gasteiger partial charge in [0.05, 0.1) is 11.3 Å². The SMILES string of the molecule is CCCC(=O)OCC(CBr)(CBr)COC(=O)C(C)C. The smallest absolute Gasteiger partial charge is 0.308 e. The molecule has 0 radical (unpaired) electrons. The van der Waals surface area contributed by atoms with Crippen LogP contribution in [0.25, 0.3) is 0 Å². The standard InChI is InChI=1S/C13H22Br2O4/c1-4-5-11(16)18-8-13(6-14,7-15)9-19-12(17)10(2)3/h10H,4-9H2,1-3H3. The lowest BCUT2D eigenvalue weighted by atomic mass is 9.96. The Labute approximate surface area is 131 Å². The number of alkyl halides is 2. The van der Waals surface area contributed by atoms with Crippen LogP contribution in [0.5, 0.6) is 0 Å². The quantitative estimate of drug-likeness (QED) is 0.439. The number of esters is 2. The molecule has 0 aromatic rings. The second-order valence-electron chi connectivity index (χ2n) is 4.94. The summed E-state index contributed by atoms with van der Waals surface area (Å²) in [5.41, 5.74) is -0.423. The van der Waals surface area contributed by atoms with Crippen molar-refractivity contribution in [2.75, 3.05) is 23.9 Å². The lowest BCUT2D eigenvalue weighted by Gasteiger charge is -2.29. The highest BCUT2D eigenvalue weighted by atomic mass is 79.9. The van der Waals surface area contributed by atoms with Gasteiger partial charge in [-0.3, -0.25) is 9.59 Å². The average Bonchev–Trinajstić information content (AvgIpc) is 2.39. The summed E-state index contributed by atoms with van der Waals surface area (Å²) in [6.07, 6.45) is 1.17. The third-order valence-corrected chi connectivity index (χ3v) is 4.93. The van der Waals surface area contributed by atoms with Gasteiger partial charge < -0.3 is 9.47 Å². The predicted molar refractivity (Wildman–Crippen MR) is 81.7 cm³/mol. The van der Waals surface area contributed by atoms with Crippen molar-refractivity contribution >= 4 is 43.8 Å². The van der Waals surface area contributed by atoms with E-state index in [0.717, 1.165) is 6.42 Å². The van der Waals surface area contributed by atoms with Gasteiger partial charge in [0.1, 0.15) is 13.2 Å². The zero-order valence-corrected chi connectivity index (χ0v) is 14.9. The van der Waals surface area contributed by atoms with Crippen LogP contribution in [-0.4, -0.2) is 35.8 Å². The Balaban J connectivity index is 4.41. The Kier molecular flexibility index (Phi) is 9.70. The first-order valence-electron chi connectivity index (χ1n) is 6.35. The van der Waals surface area contributed by atoms with Gasteiger partial charge >= 0.3 is 11.9 Å². The predicted octanol–water partition coefficient (Wildman–Crippen LogP) is 3.31. The van der Waals surface area contributed by atoms with Gasteiger partial charge in [-0.1, -0.05) is 52.6 Å². The zero-order chi connectivity index (χ0) is 14.9. The molecule has 6 heteroatoms. The molecule has 0 spiro atoms. The Bertz CT molecular complexity index is 288. The molecule has 19 heavy (non-hydrogen) atoms. The minimum atomic E-state index is -0.423. The molecule has 0 rings (SSSR count). The van der Waals surface area contributed by atoms with E-state index in [-0.39, 0.29) is 31.1 Å². The van der Waals surface area contributed by atoms with Crippen LogP contribution in [0.3, 0.4) is 0 Å². The number of ether oxygens (including phenoxy) is 2. The first kappa shape index (κ1) is 18.9. The fourth-order valence-corrected chi connectivity index (χ4v) is 2.71. The summed E-state index contributed by atoms with van der Waals surface area (Å²) in [6.45, 7) is 5.95. The maximum atomic E-state index is 11.5. The molecule has 0 N–H and O–H groups in total. The van der Waals surface area contributed by atoms with Crippen LogP contribution >= 0.6 is 31.9 Å². The van der Waals surface area contributed by atoms with E-state index >= 15 is 0 Å². The molecule has 0 atom stereocenters. The summed E-state index contributed by atoms with van der Waals surface area (Å²) in [6, 6.07) is 0. The van der Waals surface area contributed by atoms with Crippen LogP contribution in [-0.2, 0) is 19.1 Å². The summed E-state index contributed by atoms with van der Waals surface area (Å²) < 4.78 is 10.5. The molecule has 0 aliphatic heterocycles. The summed E-state index contributed by atoms with van der Waals surface area (Å²) in [7, 11) is 0. The maximum Gasteiger partial charge on any atom is 0.308 e. The number of hydrogen-bond donors (Lipinski definition) is 0. The highest BCUT2D eigenvalue weighted by Crippen LogP contribution is 2.25. The van der Waals surface area contributed by atoms with E-state index in [0.29, 0.717) is 17.1 Å². The van der Waals surface area contributed by atoms with Crippen LogP contribution in [0.4, 0.5) is 0 Å². The van der Waals surface area contributed by atoms with Crippen molar-refractivity contribution < 1.29 is 19.1 Å². The molecule has 0 saturated heterocycles. The van der Waals surface area contributed by atoms with Gasteiger partial charge in [-0.15, -0.1) is 0 Å². The van der Waals surface area contributed by atoms with Gasteiger partial charge in [0.15, 0.2) is 0 Å². The van der Waals surface area contributed by atoms with Gasteiger partial charge in [0.2, 0.25) is 0 Å². The van der Waals surface area contributed by atoms with E-state index < -0.39 is 5.41 Å². The van der Waals surface area contributed by atoms with E-state index in [1.807, 2.05) is 6.92 Å². The van der Waals surface area contributed by atoms with Crippen LogP contribution < -0.4 is 0 Å². The van der Waals surface area contributed by atoms with Crippen molar-refractivity contribution in [3.63, 3.8) is 0 Å². The first-order chi connectivity index (χ1) is 8.90. The van der Waals surface area contributed by atoms with Crippen molar-refractivity contribution in [2.24, 2.45) is 11.3 Å². The maximum absolute atomic E-state index is 11.5. The van der Waals surface area contributed by atoms with E-state index in [9.17, 15) is 9.59 Å². The van der Waals surface area contributed by atoms with Gasteiger partial charge in [-0.05, 0) is 6.42 Å². The van der Waals surface area contributed by atoms with Crippen LogP contribution in [0, 0.1) is 11.3 Å². The average molecular weight is 402 g/mol. The lowest BCUT2D eigenvalue weighted by Crippen LogP contribution is -2.38. The van der Waals surface area contributed by atoms with Crippen molar-refractivity contribution in [3.05, 3.63) is 0 Å². The molecular formula is C13H22Br2O4. The third kappa shape index (κ3) is 7.30. The van der Waals surface area contributed by atoms with E-state index in [1.165, 1.54) is 0 Å². The minimum Gasteiger partial charge on any atom is -0.465 e. The van der Waals surface area contributed by atoms with E-state index in [1.54, 1.807) is 13.8 Å². The number of hydrogen-bond acceptors (Lipinski definition) is 4. The molecule has 0 unspecified atom stereocenters. The molecule has 0 heterocycles. The molecule has 0 aromatic carbocycles. The van der Waals surface area contributed by atoms with Crippen LogP contribution in [0.1, 0.15) is 33.6 Å². The number of carbonyl (C=O) groups is 2. The molecular weight excluding hydrogens is 380 g/mol. The monoisotopic (exact) mass is 400 g/mol. The topological polar surface area (TPSA) is 52.6 Å². The van der Waals surface area contributed by atoms with Crippen molar-refractivity contribution in [1.82, 2.24) is 0 Å². The number of rotatable bonds is 9. The van der Waals surface area contributed by atoms with Crippen LogP contribution in [0.2, 0.25) is 0 Å². The van der Waals surface area contributed by atoms with Gasteiger partial charge in [0, 0.05) is 17.1 Å². The van der Waals surface area contributed by atoms with Crippen molar-refractivity contribution in [2.45, 2.75) is 33.6 Å². The molecule has 112 valence electrons. The second-order valence-corrected chi connectivity index (χ2v) is 6.06. The summed E-state index contributed by atoms with van der Waals surface area (Å²) >= 11 is 6.79. The largest absolute Gasteiger partial charge is 0.465 e. The first-order valence-corrected chi connectivity index (χ1v) is 8.59. The second kappa shape index (κ2) is 9.75. The summed E-state index contributed by atoms with van der Waals surface area (Å²) in [4.78, 5) is 22.9. The molecule has 0 aliphatic carbocycles. The molecule has 0 saturated carbocycles. The molecule has 0 aliphatic rings. The minimum absolute atomic E-state index is 0.161. The fraction of sp³-hybridized carbons (Fsp3) is 0.846. The van der Waals surface area contributed by atoms with Crippen LogP contribution in [0.15, 0.2) is 0 Å². The molecule has 0 amide bonds. The van der Waals surface area contributed by atoms with E-state index in [4.69, 9.17) is 9.47 Å². The van der Waals surface area contributed by atoms with E-state index in [2.05, 4.69) is 31.9 Å². The third-order valence-electron chi connectivity index (χ3n) is 2.55. The zero-order valence-electron chi connectivity index (χ0n) is 11.7. The molecule has 0 fully saturated rings. The molecule has 4 nitrogen and oxygen atoms in total. The van der Waals surface area contributed by atoms with Crippen molar-refractivity contribution in [1.29, 1.82) is 0 Å². The normalized spacial score (nSPS) is 11.5. The number of carbonyl (C=O) groups excluding carboxylic acids is 2.